The van der Waals surface area contributed by atoms with E-state index in [2.05, 4.69) is 10.6 Å². The van der Waals surface area contributed by atoms with Crippen LogP contribution in [-0.2, 0) is 11.0 Å². The molecule has 6 heteroatoms. The second kappa shape index (κ2) is 6.56. The zero-order chi connectivity index (χ0) is 14.5. The molecular weight excluding hydrogens is 257 g/mol. The van der Waals surface area contributed by atoms with Gasteiger partial charge in [0.1, 0.15) is 0 Å². The van der Waals surface area contributed by atoms with Crippen molar-refractivity contribution in [1.82, 2.24) is 10.6 Å². The van der Waals surface area contributed by atoms with E-state index in [1.807, 2.05) is 0 Å². The predicted octanol–water partition coefficient (Wildman–Crippen LogP) is 2.49. The van der Waals surface area contributed by atoms with Crippen molar-refractivity contribution in [3.05, 3.63) is 35.4 Å². The first kappa shape index (κ1) is 15.5. The lowest BCUT2D eigenvalue weighted by molar-refractivity contribution is -0.137. The van der Waals surface area contributed by atoms with Crippen molar-refractivity contribution in [2.75, 3.05) is 13.6 Å². The van der Waals surface area contributed by atoms with Gasteiger partial charge in [-0.1, -0.05) is 12.1 Å². The number of hydrogen-bond donors (Lipinski definition) is 2. The van der Waals surface area contributed by atoms with Gasteiger partial charge in [-0.05, 0) is 31.7 Å². The Morgan fingerprint density at radius 1 is 1.26 bits per heavy atom. The molecule has 0 aliphatic rings. The highest BCUT2D eigenvalue weighted by atomic mass is 19.4. The molecule has 0 saturated heterocycles. The summed E-state index contributed by atoms with van der Waals surface area (Å²) in [5.41, 5.74) is -0.0456. The third kappa shape index (κ3) is 4.90. The van der Waals surface area contributed by atoms with Crippen molar-refractivity contribution >= 4 is 5.91 Å². The van der Waals surface area contributed by atoms with Gasteiger partial charge in [0.2, 0.25) is 5.91 Å². The monoisotopic (exact) mass is 274 g/mol. The fourth-order valence-electron chi connectivity index (χ4n) is 1.60. The van der Waals surface area contributed by atoms with Crippen LogP contribution in [0.5, 0.6) is 0 Å². The molecule has 1 aromatic carbocycles. The van der Waals surface area contributed by atoms with Crippen LogP contribution in [0, 0.1) is 0 Å². The summed E-state index contributed by atoms with van der Waals surface area (Å²) in [7, 11) is 1.74. The van der Waals surface area contributed by atoms with Gasteiger partial charge in [0, 0.05) is 13.0 Å². The smallest absolute Gasteiger partial charge is 0.350 e. The Labute approximate surface area is 110 Å². The van der Waals surface area contributed by atoms with Gasteiger partial charge in [-0.2, -0.15) is 13.2 Å². The minimum atomic E-state index is -4.34. The molecule has 2 N–H and O–H groups in total. The van der Waals surface area contributed by atoms with Crippen LogP contribution in [0.2, 0.25) is 0 Å². The zero-order valence-electron chi connectivity index (χ0n) is 10.8. The van der Waals surface area contributed by atoms with E-state index in [4.69, 9.17) is 0 Å². The average molecular weight is 274 g/mol. The summed E-state index contributed by atoms with van der Waals surface area (Å²) in [5.74, 6) is -0.137. The minimum absolute atomic E-state index is 0.137. The van der Waals surface area contributed by atoms with Crippen LogP contribution in [-0.4, -0.2) is 19.5 Å². The third-order valence-corrected chi connectivity index (χ3v) is 2.72. The molecule has 0 aliphatic heterocycles. The number of benzene rings is 1. The molecule has 0 heterocycles. The van der Waals surface area contributed by atoms with E-state index < -0.39 is 11.7 Å². The van der Waals surface area contributed by atoms with E-state index in [1.165, 1.54) is 12.1 Å². The molecule has 1 aromatic rings. The first-order chi connectivity index (χ1) is 8.84. The summed E-state index contributed by atoms with van der Waals surface area (Å²) in [6.45, 7) is 2.30. The number of amides is 1. The average Bonchev–Trinajstić information content (AvgIpc) is 2.35. The highest BCUT2D eigenvalue weighted by molar-refractivity contribution is 5.76. The van der Waals surface area contributed by atoms with E-state index in [1.54, 1.807) is 14.0 Å². The van der Waals surface area contributed by atoms with E-state index in [9.17, 15) is 18.0 Å². The molecule has 1 amide bonds. The topological polar surface area (TPSA) is 41.1 Å². The molecule has 1 rings (SSSR count). The number of rotatable bonds is 5. The fourth-order valence-corrected chi connectivity index (χ4v) is 1.60. The van der Waals surface area contributed by atoms with Crippen LogP contribution in [0.15, 0.2) is 24.3 Å². The standard InChI is InChI=1S/C13H17F3N2O/c1-9(18-12(19)7-8-17-2)10-3-5-11(6-4-10)13(14,15)16/h3-6,9,17H,7-8H2,1-2H3,(H,18,19). The van der Waals surface area contributed by atoms with Crippen LogP contribution in [0.1, 0.15) is 30.5 Å². The second-order valence-electron chi connectivity index (χ2n) is 4.26. The summed E-state index contributed by atoms with van der Waals surface area (Å²) in [4.78, 5) is 11.5. The molecule has 0 aromatic heterocycles. The van der Waals surface area contributed by atoms with Gasteiger partial charge in [-0.25, -0.2) is 0 Å². The maximum Gasteiger partial charge on any atom is 0.416 e. The van der Waals surface area contributed by atoms with Crippen LogP contribution in [0.4, 0.5) is 13.2 Å². The quantitative estimate of drug-likeness (QED) is 0.866. The highest BCUT2D eigenvalue weighted by Crippen LogP contribution is 2.29. The number of alkyl halides is 3. The van der Waals surface area contributed by atoms with Gasteiger partial charge in [0.15, 0.2) is 0 Å². The van der Waals surface area contributed by atoms with Gasteiger partial charge >= 0.3 is 6.18 Å². The summed E-state index contributed by atoms with van der Waals surface area (Å²) >= 11 is 0. The summed E-state index contributed by atoms with van der Waals surface area (Å²) in [6, 6.07) is 4.49. The molecule has 106 valence electrons. The van der Waals surface area contributed by atoms with E-state index in [0.29, 0.717) is 18.5 Å². The molecule has 3 nitrogen and oxygen atoms in total. The Bertz CT molecular complexity index is 415. The van der Waals surface area contributed by atoms with Gasteiger partial charge in [-0.15, -0.1) is 0 Å². The molecule has 0 bridgehead atoms. The molecule has 0 saturated carbocycles. The number of hydrogen-bond acceptors (Lipinski definition) is 2. The molecule has 1 atom stereocenters. The molecule has 0 aliphatic carbocycles. The summed E-state index contributed by atoms with van der Waals surface area (Å²) < 4.78 is 37.2. The van der Waals surface area contributed by atoms with E-state index >= 15 is 0 Å². The Kier molecular flexibility index (Phi) is 5.35. The van der Waals surface area contributed by atoms with Crippen LogP contribution in [0.3, 0.4) is 0 Å². The van der Waals surface area contributed by atoms with Gasteiger partial charge < -0.3 is 10.6 Å². The first-order valence-electron chi connectivity index (χ1n) is 5.95. The van der Waals surface area contributed by atoms with Crippen molar-refractivity contribution in [3.8, 4) is 0 Å². The maximum absolute atomic E-state index is 12.4. The number of carbonyl (C=O) groups is 1. The molecule has 0 radical (unpaired) electrons. The fraction of sp³-hybridized carbons (Fsp3) is 0.462. The normalized spacial score (nSPS) is 13.1. The predicted molar refractivity (Wildman–Crippen MR) is 66.5 cm³/mol. The Morgan fingerprint density at radius 3 is 2.32 bits per heavy atom. The van der Waals surface area contributed by atoms with Crippen LogP contribution in [0.25, 0.3) is 0 Å². The molecule has 0 spiro atoms. The van der Waals surface area contributed by atoms with Crippen LogP contribution >= 0.6 is 0 Å². The van der Waals surface area contributed by atoms with Gasteiger partial charge in [0.25, 0.3) is 0 Å². The van der Waals surface area contributed by atoms with Crippen molar-refractivity contribution < 1.29 is 18.0 Å². The zero-order valence-corrected chi connectivity index (χ0v) is 10.8. The minimum Gasteiger partial charge on any atom is -0.350 e. The summed E-state index contributed by atoms with van der Waals surface area (Å²) in [6.07, 6.45) is -4.00. The number of nitrogens with one attached hydrogen (secondary N) is 2. The highest BCUT2D eigenvalue weighted by Gasteiger charge is 2.30. The van der Waals surface area contributed by atoms with Crippen molar-refractivity contribution in [1.29, 1.82) is 0 Å². The number of halogens is 3. The molecule has 1 unspecified atom stereocenters. The van der Waals surface area contributed by atoms with Gasteiger partial charge in [-0.3, -0.25) is 4.79 Å². The second-order valence-corrected chi connectivity index (χ2v) is 4.26. The molecule has 0 fully saturated rings. The maximum atomic E-state index is 12.4. The lowest BCUT2D eigenvalue weighted by atomic mass is 10.1. The third-order valence-electron chi connectivity index (χ3n) is 2.72. The van der Waals surface area contributed by atoms with Crippen molar-refractivity contribution in [2.24, 2.45) is 0 Å². The lowest BCUT2D eigenvalue weighted by Crippen LogP contribution is -2.29. The molecule has 19 heavy (non-hydrogen) atoms. The SMILES string of the molecule is CNCCC(=O)NC(C)c1ccc(C(F)(F)F)cc1. The Balaban J connectivity index is 2.63. The summed E-state index contributed by atoms with van der Waals surface area (Å²) in [5, 5.41) is 5.58. The van der Waals surface area contributed by atoms with Crippen molar-refractivity contribution in [2.45, 2.75) is 25.6 Å². The Hall–Kier alpha value is -1.56. The number of carbonyl (C=O) groups excluding carboxylic acids is 1. The van der Waals surface area contributed by atoms with Crippen molar-refractivity contribution in [3.63, 3.8) is 0 Å². The lowest BCUT2D eigenvalue weighted by Gasteiger charge is -2.15. The Morgan fingerprint density at radius 2 is 1.84 bits per heavy atom. The van der Waals surface area contributed by atoms with E-state index in [-0.39, 0.29) is 11.9 Å². The first-order valence-corrected chi connectivity index (χ1v) is 5.95. The van der Waals surface area contributed by atoms with Gasteiger partial charge in [0.05, 0.1) is 11.6 Å². The largest absolute Gasteiger partial charge is 0.416 e. The van der Waals surface area contributed by atoms with E-state index in [0.717, 1.165) is 12.1 Å². The molecular formula is C13H17F3N2O. The van der Waals surface area contributed by atoms with Crippen LogP contribution < -0.4 is 10.6 Å².